The minimum atomic E-state index is -0.855. The molecule has 4 aromatic rings. The quantitative estimate of drug-likeness (QED) is 0.472. The number of carboxylic acid groups (broad SMARTS) is 1. The lowest BCUT2D eigenvalue weighted by atomic mass is 10.1. The van der Waals surface area contributed by atoms with Crippen molar-refractivity contribution < 1.29 is 14.6 Å². The summed E-state index contributed by atoms with van der Waals surface area (Å²) in [4.78, 5) is 10.8. The molecule has 1 aromatic carbocycles. The Morgan fingerprint density at radius 2 is 2.00 bits per heavy atom. The number of aromatic nitrogens is 5. The zero-order valence-electron chi connectivity index (χ0n) is 15.6. The molecule has 28 heavy (non-hydrogen) atoms. The summed E-state index contributed by atoms with van der Waals surface area (Å²) in [5.74, 6) is 0.617. The Hall–Kier alpha value is -3.42. The standard InChI is InChI=1S/C20H21N5O3/c1-2-3-12-28-15-6-4-14(5-7-15)16-13-17-20-22-21-18(8-9-19(26)27)24(20)10-11-25(17)23-16/h4-7,10-11,13H,2-3,8-9,12H2,1H3,(H,26,27). The third kappa shape index (κ3) is 3.53. The normalized spacial score (nSPS) is 11.3. The second-order valence-electron chi connectivity index (χ2n) is 6.59. The van der Waals surface area contributed by atoms with E-state index in [4.69, 9.17) is 9.84 Å². The number of aliphatic carboxylic acids is 1. The summed E-state index contributed by atoms with van der Waals surface area (Å²) in [5, 5.41) is 21.9. The molecule has 0 aliphatic carbocycles. The first-order chi connectivity index (χ1) is 13.7. The third-order valence-electron chi connectivity index (χ3n) is 4.57. The van der Waals surface area contributed by atoms with Gasteiger partial charge in [-0.05, 0) is 36.8 Å². The van der Waals surface area contributed by atoms with Gasteiger partial charge in [-0.15, -0.1) is 10.2 Å². The van der Waals surface area contributed by atoms with Gasteiger partial charge in [0.2, 0.25) is 0 Å². The SMILES string of the molecule is CCCCOc1ccc(-c2cc3c4nnc(CCC(=O)O)n4ccn3n2)cc1. The topological polar surface area (TPSA) is 94.0 Å². The average molecular weight is 379 g/mol. The van der Waals surface area contributed by atoms with Crippen LogP contribution >= 0.6 is 0 Å². The molecule has 3 heterocycles. The molecule has 1 N–H and O–H groups in total. The van der Waals surface area contributed by atoms with Gasteiger partial charge < -0.3 is 9.84 Å². The zero-order valence-corrected chi connectivity index (χ0v) is 15.6. The van der Waals surface area contributed by atoms with Crippen LogP contribution in [0.15, 0.2) is 42.7 Å². The van der Waals surface area contributed by atoms with Gasteiger partial charge in [0.15, 0.2) is 5.65 Å². The number of nitrogens with zero attached hydrogens (tertiary/aromatic N) is 5. The van der Waals surface area contributed by atoms with Crippen LogP contribution in [0.1, 0.15) is 32.0 Å². The number of hydrogen-bond acceptors (Lipinski definition) is 5. The van der Waals surface area contributed by atoms with Crippen LogP contribution in [-0.2, 0) is 11.2 Å². The Morgan fingerprint density at radius 1 is 1.18 bits per heavy atom. The first-order valence-electron chi connectivity index (χ1n) is 9.32. The Bertz CT molecular complexity index is 1110. The van der Waals surface area contributed by atoms with Gasteiger partial charge in [0, 0.05) is 24.4 Å². The van der Waals surface area contributed by atoms with Crippen molar-refractivity contribution in [2.24, 2.45) is 0 Å². The molecule has 8 heteroatoms. The molecule has 4 rings (SSSR count). The van der Waals surface area contributed by atoms with Crippen molar-refractivity contribution >= 4 is 17.1 Å². The highest BCUT2D eigenvalue weighted by Gasteiger charge is 2.13. The van der Waals surface area contributed by atoms with Crippen LogP contribution < -0.4 is 4.74 Å². The molecule has 0 aliphatic heterocycles. The van der Waals surface area contributed by atoms with E-state index in [2.05, 4.69) is 22.2 Å². The lowest BCUT2D eigenvalue weighted by Gasteiger charge is -2.05. The summed E-state index contributed by atoms with van der Waals surface area (Å²) in [6.45, 7) is 2.86. The van der Waals surface area contributed by atoms with Gasteiger partial charge in [0.25, 0.3) is 0 Å². The summed E-state index contributed by atoms with van der Waals surface area (Å²) in [7, 11) is 0. The molecule has 0 bridgehead atoms. The number of rotatable bonds is 8. The summed E-state index contributed by atoms with van der Waals surface area (Å²) in [5.41, 5.74) is 3.27. The Kier molecular flexibility index (Phi) is 4.92. The van der Waals surface area contributed by atoms with E-state index in [9.17, 15) is 4.79 Å². The van der Waals surface area contributed by atoms with Crippen LogP contribution in [0.5, 0.6) is 5.75 Å². The largest absolute Gasteiger partial charge is 0.494 e. The highest BCUT2D eigenvalue weighted by Crippen LogP contribution is 2.24. The van der Waals surface area contributed by atoms with Crippen LogP contribution in [0.3, 0.4) is 0 Å². The van der Waals surface area contributed by atoms with E-state index in [1.807, 2.05) is 40.9 Å². The summed E-state index contributed by atoms with van der Waals surface area (Å²) in [6.07, 6.45) is 6.12. The van der Waals surface area contributed by atoms with E-state index in [-0.39, 0.29) is 6.42 Å². The number of carboxylic acids is 1. The maximum absolute atomic E-state index is 10.8. The highest BCUT2D eigenvalue weighted by molar-refractivity contribution is 5.76. The van der Waals surface area contributed by atoms with Crippen LogP contribution in [-0.4, -0.2) is 41.9 Å². The van der Waals surface area contributed by atoms with Gasteiger partial charge in [0.05, 0.1) is 18.7 Å². The fourth-order valence-electron chi connectivity index (χ4n) is 3.05. The molecule has 0 aliphatic rings. The molecule has 3 aromatic heterocycles. The van der Waals surface area contributed by atoms with Gasteiger partial charge in [-0.2, -0.15) is 5.10 Å². The number of ether oxygens (including phenoxy) is 1. The maximum atomic E-state index is 10.8. The highest BCUT2D eigenvalue weighted by atomic mass is 16.5. The zero-order chi connectivity index (χ0) is 19.5. The van der Waals surface area contributed by atoms with E-state index in [1.54, 1.807) is 10.7 Å². The number of aryl methyl sites for hydroxylation is 1. The van der Waals surface area contributed by atoms with Crippen LogP contribution in [0.4, 0.5) is 0 Å². The fourth-order valence-corrected chi connectivity index (χ4v) is 3.05. The average Bonchev–Trinajstić information content (AvgIpc) is 3.31. The molecule has 0 radical (unpaired) electrons. The third-order valence-corrected chi connectivity index (χ3v) is 4.57. The molecule has 0 unspecified atom stereocenters. The van der Waals surface area contributed by atoms with Gasteiger partial charge >= 0.3 is 5.97 Å². The number of fused-ring (bicyclic) bond motifs is 3. The number of carbonyl (C=O) groups is 1. The molecule has 0 atom stereocenters. The van der Waals surface area contributed by atoms with Crippen LogP contribution in [0.25, 0.3) is 22.4 Å². The van der Waals surface area contributed by atoms with Crippen molar-refractivity contribution in [3.05, 3.63) is 48.5 Å². The predicted molar refractivity (Wildman–Crippen MR) is 104 cm³/mol. The second kappa shape index (κ2) is 7.67. The van der Waals surface area contributed by atoms with E-state index in [0.717, 1.165) is 42.0 Å². The van der Waals surface area contributed by atoms with Crippen LogP contribution in [0, 0.1) is 0 Å². The second-order valence-corrected chi connectivity index (χ2v) is 6.59. The molecule has 0 saturated heterocycles. The predicted octanol–water partition coefficient (Wildman–Crippen LogP) is 3.24. The van der Waals surface area contributed by atoms with Crippen molar-refractivity contribution in [1.82, 2.24) is 24.2 Å². The Labute approximate surface area is 161 Å². The molecule has 0 saturated carbocycles. The molecular formula is C20H21N5O3. The monoisotopic (exact) mass is 379 g/mol. The number of hydrogen-bond donors (Lipinski definition) is 1. The van der Waals surface area contributed by atoms with Crippen molar-refractivity contribution in [3.63, 3.8) is 0 Å². The van der Waals surface area contributed by atoms with Gasteiger partial charge in [-0.3, -0.25) is 9.20 Å². The van der Waals surface area contributed by atoms with E-state index < -0.39 is 5.97 Å². The smallest absolute Gasteiger partial charge is 0.303 e. The van der Waals surface area contributed by atoms with Crippen molar-refractivity contribution in [3.8, 4) is 17.0 Å². The molecule has 144 valence electrons. The first-order valence-corrected chi connectivity index (χ1v) is 9.32. The molecule has 0 amide bonds. The molecule has 0 fully saturated rings. The summed E-state index contributed by atoms with van der Waals surface area (Å²) >= 11 is 0. The van der Waals surface area contributed by atoms with E-state index >= 15 is 0 Å². The fraction of sp³-hybridized carbons (Fsp3) is 0.300. The van der Waals surface area contributed by atoms with Gasteiger partial charge in [-0.1, -0.05) is 13.3 Å². The maximum Gasteiger partial charge on any atom is 0.303 e. The minimum absolute atomic E-state index is 0.0170. The van der Waals surface area contributed by atoms with Gasteiger partial charge in [-0.25, -0.2) is 4.52 Å². The van der Waals surface area contributed by atoms with Crippen LogP contribution in [0.2, 0.25) is 0 Å². The summed E-state index contributed by atoms with van der Waals surface area (Å²) in [6, 6.07) is 9.83. The summed E-state index contributed by atoms with van der Waals surface area (Å²) < 4.78 is 9.28. The van der Waals surface area contributed by atoms with Crippen molar-refractivity contribution in [1.29, 1.82) is 0 Å². The lowest BCUT2D eigenvalue weighted by molar-refractivity contribution is -0.137. The first kappa shape index (κ1) is 18.0. The lowest BCUT2D eigenvalue weighted by Crippen LogP contribution is -2.02. The molecular weight excluding hydrogens is 358 g/mol. The Balaban J connectivity index is 1.62. The number of benzene rings is 1. The van der Waals surface area contributed by atoms with Gasteiger partial charge in [0.1, 0.15) is 17.1 Å². The van der Waals surface area contributed by atoms with Crippen molar-refractivity contribution in [2.75, 3.05) is 6.61 Å². The Morgan fingerprint density at radius 3 is 2.75 bits per heavy atom. The van der Waals surface area contributed by atoms with Crippen molar-refractivity contribution in [2.45, 2.75) is 32.6 Å². The van der Waals surface area contributed by atoms with E-state index in [1.165, 1.54) is 0 Å². The van der Waals surface area contributed by atoms with E-state index in [0.29, 0.717) is 17.9 Å². The minimum Gasteiger partial charge on any atom is -0.494 e. The molecule has 0 spiro atoms. The number of unbranched alkanes of at least 4 members (excludes halogenated alkanes) is 1. The molecule has 8 nitrogen and oxygen atoms in total.